The summed E-state index contributed by atoms with van der Waals surface area (Å²) in [5.74, 6) is 0.585. The highest BCUT2D eigenvalue weighted by molar-refractivity contribution is 5.97. The summed E-state index contributed by atoms with van der Waals surface area (Å²) in [6.45, 7) is 6.82. The van der Waals surface area contributed by atoms with Crippen LogP contribution in [0, 0.1) is 6.92 Å². The first-order valence-corrected chi connectivity index (χ1v) is 13.0. The van der Waals surface area contributed by atoms with Crippen LogP contribution in [0.5, 0.6) is 0 Å². The van der Waals surface area contributed by atoms with E-state index < -0.39 is 0 Å². The number of fused-ring (bicyclic) bond motifs is 1. The van der Waals surface area contributed by atoms with E-state index in [9.17, 15) is 4.79 Å². The van der Waals surface area contributed by atoms with Gasteiger partial charge in [-0.2, -0.15) is 5.12 Å². The van der Waals surface area contributed by atoms with Crippen LogP contribution in [0.4, 0.5) is 27.4 Å². The molecule has 1 aromatic carbocycles. The molecule has 0 atom stereocenters. The molecule has 0 aliphatic carbocycles. The van der Waals surface area contributed by atoms with Gasteiger partial charge in [0.2, 0.25) is 0 Å². The molecular formula is C28H29FN8O2. The number of halogens is 1. The third-order valence-electron chi connectivity index (χ3n) is 7.25. The smallest absolute Gasteiger partial charge is 0.272 e. The second kappa shape index (κ2) is 10.8. The van der Waals surface area contributed by atoms with E-state index in [1.807, 2.05) is 37.3 Å². The Morgan fingerprint density at radius 2 is 1.77 bits per heavy atom. The van der Waals surface area contributed by atoms with Gasteiger partial charge in [-0.3, -0.25) is 9.78 Å². The Hall–Kier alpha value is -4.38. The number of hydrogen-bond acceptors (Lipinski definition) is 9. The summed E-state index contributed by atoms with van der Waals surface area (Å²) in [7, 11) is 0. The summed E-state index contributed by atoms with van der Waals surface area (Å²) in [6, 6.07) is 11.0. The maximum atomic E-state index is 16.3. The van der Waals surface area contributed by atoms with E-state index in [1.165, 1.54) is 12.5 Å². The van der Waals surface area contributed by atoms with E-state index >= 15 is 4.48 Å². The maximum Gasteiger partial charge on any atom is 0.272 e. The fourth-order valence-corrected chi connectivity index (χ4v) is 5.19. The van der Waals surface area contributed by atoms with Gasteiger partial charge in [0.1, 0.15) is 17.8 Å². The Bertz CT molecular complexity index is 1470. The number of aromatic nitrogens is 4. The summed E-state index contributed by atoms with van der Waals surface area (Å²) in [6.07, 6.45) is 6.24. The topological polar surface area (TPSA) is 90.8 Å². The molecule has 6 rings (SSSR count). The number of anilines is 4. The van der Waals surface area contributed by atoms with Gasteiger partial charge >= 0.3 is 0 Å². The van der Waals surface area contributed by atoms with Crippen molar-refractivity contribution in [2.45, 2.75) is 6.92 Å². The van der Waals surface area contributed by atoms with Crippen molar-refractivity contribution in [3.05, 3.63) is 72.6 Å². The highest BCUT2D eigenvalue weighted by atomic mass is 19.2. The van der Waals surface area contributed by atoms with E-state index in [1.54, 1.807) is 23.4 Å². The first-order valence-electron chi connectivity index (χ1n) is 13.0. The molecular weight excluding hydrogens is 499 g/mol. The number of carbonyl (C=O) groups is 1. The van der Waals surface area contributed by atoms with Crippen LogP contribution in [-0.4, -0.2) is 83.2 Å². The Kier molecular flexibility index (Phi) is 6.89. The lowest BCUT2D eigenvalue weighted by Crippen LogP contribution is -2.49. The zero-order valence-corrected chi connectivity index (χ0v) is 21.7. The number of hydrogen-bond donors (Lipinski definition) is 0. The number of amides is 1. The average Bonchev–Trinajstić information content (AvgIpc) is 3.01. The second-order valence-corrected chi connectivity index (χ2v) is 9.58. The fraction of sp³-hybridized carbons (Fsp3) is 0.321. The minimum atomic E-state index is -0.122. The molecule has 2 fully saturated rings. The number of morpholine rings is 1. The quantitative estimate of drug-likeness (QED) is 0.361. The predicted octanol–water partition coefficient (Wildman–Crippen LogP) is 3.55. The third-order valence-corrected chi connectivity index (χ3v) is 7.25. The van der Waals surface area contributed by atoms with Crippen LogP contribution in [0.3, 0.4) is 0 Å². The zero-order chi connectivity index (χ0) is 26.8. The fourth-order valence-electron chi connectivity index (χ4n) is 5.19. The molecule has 0 radical (unpaired) electrons. The monoisotopic (exact) mass is 528 g/mol. The molecule has 0 saturated carbocycles. The summed E-state index contributed by atoms with van der Waals surface area (Å²) in [5, 5.41) is 1.44. The van der Waals surface area contributed by atoms with Crippen LogP contribution < -0.4 is 14.9 Å². The number of carbonyl (C=O) groups excluding carboxylic acids is 1. The molecule has 2 aliphatic heterocycles. The SMILES string of the molecule is Cc1c(N2CCN(C(=O)c3ccncn3)CC2)nc2ccccc2c1N(F)c1cncc(N2CCOCC2)c1. The number of para-hydroxylation sites is 1. The van der Waals surface area contributed by atoms with Gasteiger partial charge in [0, 0.05) is 56.4 Å². The highest BCUT2D eigenvalue weighted by Crippen LogP contribution is 2.40. The molecule has 0 unspecified atom stereocenters. The largest absolute Gasteiger partial charge is 0.378 e. The minimum Gasteiger partial charge on any atom is -0.378 e. The van der Waals surface area contributed by atoms with Gasteiger partial charge in [0.15, 0.2) is 0 Å². The van der Waals surface area contributed by atoms with Crippen molar-refractivity contribution in [1.82, 2.24) is 24.8 Å². The minimum absolute atomic E-state index is 0.122. The number of benzene rings is 1. The Balaban J connectivity index is 1.30. The van der Waals surface area contributed by atoms with Crippen LogP contribution in [0.1, 0.15) is 16.1 Å². The molecule has 10 nitrogen and oxygen atoms in total. The van der Waals surface area contributed by atoms with E-state index in [0.29, 0.717) is 72.9 Å². The molecule has 5 heterocycles. The van der Waals surface area contributed by atoms with Gasteiger partial charge in [-0.1, -0.05) is 22.7 Å². The molecule has 39 heavy (non-hydrogen) atoms. The Labute approximate surface area is 225 Å². The Morgan fingerprint density at radius 3 is 2.54 bits per heavy atom. The summed E-state index contributed by atoms with van der Waals surface area (Å²) < 4.78 is 21.8. The predicted molar refractivity (Wildman–Crippen MR) is 147 cm³/mol. The van der Waals surface area contributed by atoms with Gasteiger partial charge in [0.05, 0.1) is 48.2 Å². The van der Waals surface area contributed by atoms with Crippen molar-refractivity contribution in [2.75, 3.05) is 67.4 Å². The summed E-state index contributed by atoms with van der Waals surface area (Å²) >= 11 is 0. The van der Waals surface area contributed by atoms with Crippen molar-refractivity contribution in [2.24, 2.45) is 0 Å². The van der Waals surface area contributed by atoms with Crippen molar-refractivity contribution in [1.29, 1.82) is 0 Å². The van der Waals surface area contributed by atoms with Crippen LogP contribution in [-0.2, 0) is 4.74 Å². The Morgan fingerprint density at radius 1 is 0.974 bits per heavy atom. The van der Waals surface area contributed by atoms with E-state index in [4.69, 9.17) is 9.72 Å². The summed E-state index contributed by atoms with van der Waals surface area (Å²) in [4.78, 5) is 36.1. The number of ether oxygens (including phenoxy) is 1. The molecule has 3 aromatic heterocycles. The average molecular weight is 529 g/mol. The van der Waals surface area contributed by atoms with E-state index in [2.05, 4.69) is 24.8 Å². The lowest BCUT2D eigenvalue weighted by atomic mass is 10.1. The van der Waals surface area contributed by atoms with E-state index in [0.717, 1.165) is 29.7 Å². The first-order chi connectivity index (χ1) is 19.1. The van der Waals surface area contributed by atoms with Gasteiger partial charge < -0.3 is 19.4 Å². The van der Waals surface area contributed by atoms with Gasteiger partial charge in [-0.25, -0.2) is 15.0 Å². The third kappa shape index (κ3) is 4.92. The van der Waals surface area contributed by atoms with Crippen molar-refractivity contribution in [3.63, 3.8) is 0 Å². The highest BCUT2D eigenvalue weighted by Gasteiger charge is 2.27. The molecule has 4 aromatic rings. The van der Waals surface area contributed by atoms with Gasteiger partial charge in [0.25, 0.3) is 5.91 Å². The maximum absolute atomic E-state index is 16.3. The van der Waals surface area contributed by atoms with Gasteiger partial charge in [-0.05, 0) is 25.1 Å². The molecule has 2 aliphatic rings. The molecule has 0 spiro atoms. The van der Waals surface area contributed by atoms with E-state index in [-0.39, 0.29) is 5.91 Å². The molecule has 2 saturated heterocycles. The number of rotatable bonds is 5. The number of piperazine rings is 1. The van der Waals surface area contributed by atoms with Crippen molar-refractivity contribution in [3.8, 4) is 0 Å². The standard InChI is InChI=1S/C28H29FN8O2/c1-20-26(37(29)22-16-21(17-31-18-22)34-12-14-39-15-13-34)23-4-2-3-5-24(23)33-27(20)35-8-10-36(11-9-35)28(38)25-6-7-30-19-32-25/h2-7,16-19H,8-15H2,1H3. The first kappa shape index (κ1) is 24.9. The number of nitrogens with zero attached hydrogens (tertiary/aromatic N) is 8. The second-order valence-electron chi connectivity index (χ2n) is 9.58. The van der Waals surface area contributed by atoms with Crippen molar-refractivity contribution >= 4 is 39.7 Å². The van der Waals surface area contributed by atoms with Crippen LogP contribution in [0.2, 0.25) is 0 Å². The molecule has 200 valence electrons. The zero-order valence-electron chi connectivity index (χ0n) is 21.7. The molecule has 1 amide bonds. The molecule has 11 heteroatoms. The van der Waals surface area contributed by atoms with Crippen LogP contribution in [0.25, 0.3) is 10.9 Å². The summed E-state index contributed by atoms with van der Waals surface area (Å²) in [5.41, 5.74) is 3.46. The van der Waals surface area contributed by atoms with Gasteiger partial charge in [-0.15, -0.1) is 0 Å². The normalized spacial score (nSPS) is 16.0. The molecule has 0 N–H and O–H groups in total. The van der Waals surface area contributed by atoms with Crippen LogP contribution >= 0.6 is 0 Å². The lowest BCUT2D eigenvalue weighted by Gasteiger charge is -2.36. The van der Waals surface area contributed by atoms with Crippen LogP contribution in [0.15, 0.2) is 61.3 Å². The van der Waals surface area contributed by atoms with Crippen molar-refractivity contribution < 1.29 is 14.0 Å². The number of pyridine rings is 2. The molecule has 0 bridgehead atoms. The lowest BCUT2D eigenvalue weighted by molar-refractivity contribution is 0.0740.